The van der Waals surface area contributed by atoms with Crippen LogP contribution in [0.2, 0.25) is 5.02 Å². The lowest BCUT2D eigenvalue weighted by atomic mass is 10.1. The normalized spacial score (nSPS) is 10.2. The molecule has 0 aliphatic carbocycles. The van der Waals surface area contributed by atoms with Crippen molar-refractivity contribution in [2.45, 2.75) is 6.92 Å². The van der Waals surface area contributed by atoms with Gasteiger partial charge in [0.1, 0.15) is 5.56 Å². The van der Waals surface area contributed by atoms with Gasteiger partial charge in [-0.05, 0) is 31.2 Å². The van der Waals surface area contributed by atoms with Gasteiger partial charge >= 0.3 is 0 Å². The molecule has 0 aromatic heterocycles. The Balaban J connectivity index is 2.08. The first-order chi connectivity index (χ1) is 11.8. The number of anilines is 1. The molecule has 0 spiro atoms. The lowest BCUT2D eigenvalue weighted by Crippen LogP contribution is -2.35. The van der Waals surface area contributed by atoms with Gasteiger partial charge in [0.2, 0.25) is 5.91 Å². The van der Waals surface area contributed by atoms with Crippen molar-refractivity contribution in [3.05, 3.63) is 68.7 Å². The Morgan fingerprint density at radius 3 is 2.44 bits per heavy atom. The Morgan fingerprint density at radius 1 is 1.20 bits per heavy atom. The first-order valence-corrected chi connectivity index (χ1v) is 7.71. The fourth-order valence-corrected chi connectivity index (χ4v) is 2.33. The highest BCUT2D eigenvalue weighted by Gasteiger charge is 2.24. The maximum atomic E-state index is 12.4. The molecule has 7 nitrogen and oxygen atoms in total. The summed E-state index contributed by atoms with van der Waals surface area (Å²) < 4.78 is 0. The summed E-state index contributed by atoms with van der Waals surface area (Å²) in [5.74, 6) is -1.04. The summed E-state index contributed by atoms with van der Waals surface area (Å²) >= 11 is 5.74. The Kier molecular flexibility index (Phi) is 5.71. The van der Waals surface area contributed by atoms with Crippen LogP contribution in [0.4, 0.5) is 11.4 Å². The molecule has 2 aromatic carbocycles. The zero-order valence-electron chi connectivity index (χ0n) is 13.7. The van der Waals surface area contributed by atoms with Gasteiger partial charge in [0.15, 0.2) is 0 Å². The van der Waals surface area contributed by atoms with Crippen molar-refractivity contribution in [1.82, 2.24) is 4.90 Å². The number of aryl methyl sites for hydroxylation is 1. The van der Waals surface area contributed by atoms with Gasteiger partial charge in [-0.2, -0.15) is 0 Å². The number of likely N-dealkylation sites (N-methyl/N-ethyl adjacent to an activating group) is 1. The van der Waals surface area contributed by atoms with E-state index < -0.39 is 22.4 Å². The second kappa shape index (κ2) is 7.76. The highest BCUT2D eigenvalue weighted by molar-refractivity contribution is 6.31. The number of carbonyl (C=O) groups is 2. The lowest BCUT2D eigenvalue weighted by molar-refractivity contribution is -0.385. The highest BCUT2D eigenvalue weighted by atomic mass is 35.5. The van der Waals surface area contributed by atoms with Crippen LogP contribution in [-0.4, -0.2) is 35.2 Å². The van der Waals surface area contributed by atoms with Crippen molar-refractivity contribution in [2.24, 2.45) is 0 Å². The molecule has 25 heavy (non-hydrogen) atoms. The Morgan fingerprint density at radius 2 is 1.84 bits per heavy atom. The van der Waals surface area contributed by atoms with Crippen molar-refractivity contribution < 1.29 is 14.5 Å². The van der Waals surface area contributed by atoms with Crippen molar-refractivity contribution in [3.8, 4) is 0 Å². The third-order valence-corrected chi connectivity index (χ3v) is 3.68. The molecular weight excluding hydrogens is 346 g/mol. The molecule has 0 unspecified atom stereocenters. The minimum absolute atomic E-state index is 0.125. The third kappa shape index (κ3) is 4.77. The smallest absolute Gasteiger partial charge is 0.283 e. The summed E-state index contributed by atoms with van der Waals surface area (Å²) in [5.41, 5.74) is 1.14. The van der Waals surface area contributed by atoms with E-state index in [9.17, 15) is 19.7 Å². The van der Waals surface area contributed by atoms with Gasteiger partial charge in [0.05, 0.1) is 11.5 Å². The van der Waals surface area contributed by atoms with Gasteiger partial charge in [-0.1, -0.05) is 29.3 Å². The van der Waals surface area contributed by atoms with E-state index in [-0.39, 0.29) is 17.1 Å². The largest absolute Gasteiger partial charge is 0.332 e. The SMILES string of the molecule is Cc1ccc(NC(=O)CN(C)C(=O)c2ccc(Cl)cc2[N+](=O)[O-])cc1. The summed E-state index contributed by atoms with van der Waals surface area (Å²) in [6.45, 7) is 1.68. The second-order valence-corrected chi connectivity index (χ2v) is 5.93. The molecule has 0 fully saturated rings. The summed E-state index contributed by atoms with van der Waals surface area (Å²) in [6, 6.07) is 11.0. The van der Waals surface area contributed by atoms with Gasteiger partial charge < -0.3 is 10.2 Å². The number of halogens is 1. The summed E-state index contributed by atoms with van der Waals surface area (Å²) in [6.07, 6.45) is 0. The fraction of sp³-hybridized carbons (Fsp3) is 0.176. The third-order valence-electron chi connectivity index (χ3n) is 3.45. The van der Waals surface area contributed by atoms with E-state index in [1.807, 2.05) is 19.1 Å². The van der Waals surface area contributed by atoms with E-state index in [1.165, 1.54) is 19.2 Å². The minimum Gasteiger partial charge on any atom is -0.332 e. The molecule has 0 bridgehead atoms. The van der Waals surface area contributed by atoms with E-state index >= 15 is 0 Å². The van der Waals surface area contributed by atoms with Gasteiger partial charge in [-0.25, -0.2) is 0 Å². The van der Waals surface area contributed by atoms with E-state index in [1.54, 1.807) is 12.1 Å². The molecule has 0 aliphatic heterocycles. The molecule has 1 N–H and O–H groups in total. The predicted octanol–water partition coefficient (Wildman–Crippen LogP) is 3.27. The van der Waals surface area contributed by atoms with E-state index in [0.717, 1.165) is 16.5 Å². The zero-order chi connectivity index (χ0) is 18.6. The number of hydrogen-bond donors (Lipinski definition) is 1. The Bertz CT molecular complexity index is 821. The topological polar surface area (TPSA) is 92.6 Å². The number of nitrogens with zero attached hydrogens (tertiary/aromatic N) is 2. The number of amides is 2. The maximum absolute atomic E-state index is 12.4. The summed E-state index contributed by atoms with van der Waals surface area (Å²) in [4.78, 5) is 36.0. The monoisotopic (exact) mass is 361 g/mol. The molecule has 2 rings (SSSR count). The van der Waals surface area contributed by atoms with Gasteiger partial charge in [-0.3, -0.25) is 19.7 Å². The number of nitro benzene ring substituents is 1. The standard InChI is InChI=1S/C17H16ClN3O4/c1-11-3-6-13(7-4-11)19-16(22)10-20(2)17(23)14-8-5-12(18)9-15(14)21(24)25/h3-9H,10H2,1-2H3,(H,19,22). The van der Waals surface area contributed by atoms with Crippen molar-refractivity contribution in [2.75, 3.05) is 18.9 Å². The molecule has 0 saturated carbocycles. The van der Waals surface area contributed by atoms with Crippen molar-refractivity contribution in [1.29, 1.82) is 0 Å². The average molecular weight is 362 g/mol. The van der Waals surface area contributed by atoms with Crippen LogP contribution < -0.4 is 5.32 Å². The molecule has 0 atom stereocenters. The molecule has 0 saturated heterocycles. The quantitative estimate of drug-likeness (QED) is 0.653. The van der Waals surface area contributed by atoms with Crippen molar-refractivity contribution in [3.63, 3.8) is 0 Å². The molecule has 8 heteroatoms. The van der Waals surface area contributed by atoms with Crippen LogP contribution >= 0.6 is 11.6 Å². The average Bonchev–Trinajstić information content (AvgIpc) is 2.56. The van der Waals surface area contributed by atoms with Gasteiger partial charge in [0, 0.05) is 23.8 Å². The number of benzene rings is 2. The second-order valence-electron chi connectivity index (χ2n) is 5.49. The lowest BCUT2D eigenvalue weighted by Gasteiger charge is -2.17. The minimum atomic E-state index is -0.681. The molecule has 0 heterocycles. The van der Waals surface area contributed by atoms with Gasteiger partial charge in [0.25, 0.3) is 11.6 Å². The highest BCUT2D eigenvalue weighted by Crippen LogP contribution is 2.24. The first kappa shape index (κ1) is 18.4. The van der Waals surface area contributed by atoms with Crippen LogP contribution in [0.1, 0.15) is 15.9 Å². The maximum Gasteiger partial charge on any atom is 0.283 e. The molecule has 130 valence electrons. The molecule has 2 aromatic rings. The number of rotatable bonds is 5. The number of nitrogens with one attached hydrogen (secondary N) is 1. The van der Waals surface area contributed by atoms with Crippen LogP contribution in [0.5, 0.6) is 0 Å². The number of nitro groups is 1. The van der Waals surface area contributed by atoms with E-state index in [0.29, 0.717) is 5.69 Å². The Labute approximate surface area is 149 Å². The molecular formula is C17H16ClN3O4. The van der Waals surface area contributed by atoms with Crippen LogP contribution in [0.25, 0.3) is 0 Å². The fourth-order valence-electron chi connectivity index (χ4n) is 2.17. The summed E-state index contributed by atoms with van der Waals surface area (Å²) in [5, 5.41) is 13.9. The Hall–Kier alpha value is -2.93. The molecule has 0 aliphatic rings. The number of hydrogen-bond acceptors (Lipinski definition) is 4. The van der Waals surface area contributed by atoms with Crippen LogP contribution in [0.15, 0.2) is 42.5 Å². The first-order valence-electron chi connectivity index (χ1n) is 7.34. The van der Waals surface area contributed by atoms with E-state index in [2.05, 4.69) is 5.32 Å². The van der Waals surface area contributed by atoms with Crippen molar-refractivity contribution >= 4 is 34.8 Å². The van der Waals surface area contributed by atoms with Gasteiger partial charge in [-0.15, -0.1) is 0 Å². The zero-order valence-corrected chi connectivity index (χ0v) is 14.4. The van der Waals surface area contributed by atoms with Crippen LogP contribution in [0.3, 0.4) is 0 Å². The summed E-state index contributed by atoms with van der Waals surface area (Å²) in [7, 11) is 1.40. The molecule has 2 amide bonds. The number of carbonyl (C=O) groups excluding carboxylic acids is 2. The van der Waals surface area contributed by atoms with Crippen LogP contribution in [-0.2, 0) is 4.79 Å². The predicted molar refractivity (Wildman–Crippen MR) is 94.9 cm³/mol. The molecule has 0 radical (unpaired) electrons. The van der Waals surface area contributed by atoms with E-state index in [4.69, 9.17) is 11.6 Å². The van der Waals surface area contributed by atoms with Crippen LogP contribution in [0, 0.1) is 17.0 Å².